The number of benzene rings is 3. The minimum absolute atomic E-state index is 0.00707. The predicted molar refractivity (Wildman–Crippen MR) is 169 cm³/mol. The van der Waals surface area contributed by atoms with Crippen LogP contribution in [0.25, 0.3) is 16.8 Å². The fourth-order valence-corrected chi connectivity index (χ4v) is 4.89. The van der Waals surface area contributed by atoms with E-state index < -0.39 is 15.7 Å². The molecule has 0 saturated carbocycles. The molecular formula is C32H31FN6O5S. The molecule has 0 fully saturated rings. The number of pyridine rings is 1. The Hall–Kier alpha value is -5.30. The van der Waals surface area contributed by atoms with E-state index in [9.17, 15) is 22.4 Å². The van der Waals surface area contributed by atoms with E-state index in [2.05, 4.69) is 26.0 Å². The Labute approximate surface area is 259 Å². The molecule has 0 unspecified atom stereocenters. The molecule has 0 bridgehead atoms. The van der Waals surface area contributed by atoms with Crippen LogP contribution in [-0.4, -0.2) is 60.0 Å². The zero-order valence-corrected chi connectivity index (χ0v) is 25.4. The van der Waals surface area contributed by atoms with Crippen LogP contribution in [0.1, 0.15) is 33.2 Å². The monoisotopic (exact) mass is 630 g/mol. The molecule has 3 aromatic carbocycles. The third-order valence-corrected chi connectivity index (χ3v) is 7.67. The van der Waals surface area contributed by atoms with Crippen molar-refractivity contribution < 1.29 is 27.1 Å². The maximum atomic E-state index is 13.1. The van der Waals surface area contributed by atoms with E-state index in [-0.39, 0.29) is 24.0 Å². The van der Waals surface area contributed by atoms with E-state index in [1.54, 1.807) is 47.0 Å². The zero-order valence-electron chi connectivity index (χ0n) is 24.6. The maximum absolute atomic E-state index is 13.1. The summed E-state index contributed by atoms with van der Waals surface area (Å²) in [5.74, 6) is -0.404. The van der Waals surface area contributed by atoms with Crippen LogP contribution < -0.4 is 20.7 Å². The predicted octanol–water partition coefficient (Wildman–Crippen LogP) is 4.38. The highest BCUT2D eigenvalue weighted by molar-refractivity contribution is 7.90. The molecule has 0 aliphatic heterocycles. The van der Waals surface area contributed by atoms with E-state index in [0.29, 0.717) is 47.3 Å². The number of nitrogens with zero attached hydrogens (tertiary/aromatic N) is 3. The summed E-state index contributed by atoms with van der Waals surface area (Å²) in [7, 11) is -3.19. The molecule has 3 N–H and O–H groups in total. The minimum Gasteiger partial charge on any atom is -0.492 e. The van der Waals surface area contributed by atoms with Gasteiger partial charge in [0.2, 0.25) is 5.95 Å². The highest BCUT2D eigenvalue weighted by Crippen LogP contribution is 2.29. The summed E-state index contributed by atoms with van der Waals surface area (Å²) < 4.78 is 43.2. The lowest BCUT2D eigenvalue weighted by Crippen LogP contribution is -2.28. The molecule has 13 heteroatoms. The third-order valence-electron chi connectivity index (χ3n) is 6.73. The van der Waals surface area contributed by atoms with Gasteiger partial charge in [0.25, 0.3) is 11.8 Å². The van der Waals surface area contributed by atoms with Crippen LogP contribution in [-0.2, 0) is 16.4 Å². The lowest BCUT2D eigenvalue weighted by atomic mass is 10.1. The molecule has 2 heterocycles. The molecule has 45 heavy (non-hydrogen) atoms. The Morgan fingerprint density at radius 1 is 0.889 bits per heavy atom. The first kappa shape index (κ1) is 31.1. The van der Waals surface area contributed by atoms with E-state index in [1.807, 2.05) is 37.4 Å². The first-order valence-electron chi connectivity index (χ1n) is 14.1. The Balaban J connectivity index is 1.26. The summed E-state index contributed by atoms with van der Waals surface area (Å²) in [6.07, 6.45) is 2.94. The number of hydrogen-bond acceptors (Lipinski definition) is 8. The van der Waals surface area contributed by atoms with Gasteiger partial charge >= 0.3 is 0 Å². The van der Waals surface area contributed by atoms with Crippen molar-refractivity contribution in [3.8, 4) is 16.9 Å². The lowest BCUT2D eigenvalue weighted by Gasteiger charge is -2.12. The van der Waals surface area contributed by atoms with Gasteiger partial charge in [-0.1, -0.05) is 24.3 Å². The van der Waals surface area contributed by atoms with Crippen LogP contribution in [0, 0.1) is 5.82 Å². The largest absolute Gasteiger partial charge is 0.492 e. The number of amides is 2. The second kappa shape index (κ2) is 13.6. The Morgan fingerprint density at radius 3 is 2.29 bits per heavy atom. The Bertz CT molecular complexity index is 1940. The van der Waals surface area contributed by atoms with Crippen molar-refractivity contribution in [3.63, 3.8) is 0 Å². The maximum Gasteiger partial charge on any atom is 0.251 e. The first-order chi connectivity index (χ1) is 21.6. The number of fused-ring (bicyclic) bond motifs is 1. The van der Waals surface area contributed by atoms with Gasteiger partial charge in [0.1, 0.15) is 21.4 Å². The number of nitrogens with one attached hydrogen (secondary N) is 3. The van der Waals surface area contributed by atoms with Crippen LogP contribution in [0.5, 0.6) is 5.75 Å². The standard InChI is InChI=1S/C32H31FN6O5S/c1-3-44-28-18-24(31(41)34-16-17-45(2,42)43)10-14-27(28)36-32-37-29-15-11-25(20-39(29)38-32)22-6-8-23(9-7-22)30(40)35-19-21-4-12-26(33)13-5-21/h4-15,18,20H,3,16-17,19H2,1-2H3,(H,34,41)(H,35,40)(H,36,38). The van der Waals surface area contributed by atoms with Crippen molar-refractivity contribution in [2.24, 2.45) is 0 Å². The molecule has 0 saturated heterocycles. The number of anilines is 2. The van der Waals surface area contributed by atoms with Gasteiger partial charge in [0, 0.05) is 42.2 Å². The van der Waals surface area contributed by atoms with E-state index in [1.165, 1.54) is 12.1 Å². The van der Waals surface area contributed by atoms with Gasteiger partial charge in [-0.2, -0.15) is 4.98 Å². The fourth-order valence-electron chi connectivity index (χ4n) is 4.42. The van der Waals surface area contributed by atoms with Gasteiger partial charge in [-0.15, -0.1) is 5.10 Å². The van der Waals surface area contributed by atoms with Crippen molar-refractivity contribution in [3.05, 3.63) is 108 Å². The van der Waals surface area contributed by atoms with Crippen LogP contribution in [0.4, 0.5) is 16.0 Å². The molecule has 2 amide bonds. The van der Waals surface area contributed by atoms with E-state index in [0.717, 1.165) is 22.9 Å². The van der Waals surface area contributed by atoms with Crippen LogP contribution in [0.15, 0.2) is 85.1 Å². The zero-order chi connectivity index (χ0) is 32.0. The van der Waals surface area contributed by atoms with Crippen LogP contribution in [0.2, 0.25) is 0 Å². The number of carbonyl (C=O) groups excluding carboxylic acids is 2. The number of sulfone groups is 1. The average molecular weight is 631 g/mol. The summed E-state index contributed by atoms with van der Waals surface area (Å²) in [5.41, 5.74) is 4.50. The number of hydrogen-bond donors (Lipinski definition) is 3. The molecule has 0 radical (unpaired) electrons. The number of carbonyl (C=O) groups is 2. The molecule has 11 nitrogen and oxygen atoms in total. The summed E-state index contributed by atoms with van der Waals surface area (Å²) in [5, 5.41) is 13.1. The molecular weight excluding hydrogens is 599 g/mol. The first-order valence-corrected chi connectivity index (χ1v) is 16.1. The number of ether oxygens (including phenoxy) is 1. The van der Waals surface area contributed by atoms with E-state index >= 15 is 0 Å². The molecule has 0 atom stereocenters. The molecule has 232 valence electrons. The van der Waals surface area contributed by atoms with Gasteiger partial charge in [-0.05, 0) is 72.6 Å². The second-order valence-corrected chi connectivity index (χ2v) is 12.5. The third kappa shape index (κ3) is 8.21. The smallest absolute Gasteiger partial charge is 0.251 e. The molecule has 0 aliphatic rings. The SMILES string of the molecule is CCOc1cc(C(=O)NCCS(C)(=O)=O)ccc1Nc1nc2ccc(-c3ccc(C(=O)NCc4ccc(F)cc4)cc3)cn2n1. The molecule has 0 aliphatic carbocycles. The van der Waals surface area contributed by atoms with Crippen molar-refractivity contribution in [2.45, 2.75) is 13.5 Å². The highest BCUT2D eigenvalue weighted by atomic mass is 32.2. The van der Waals surface area contributed by atoms with Crippen molar-refractivity contribution in [1.29, 1.82) is 0 Å². The average Bonchev–Trinajstić information content (AvgIpc) is 3.42. The molecule has 2 aromatic heterocycles. The number of halogens is 1. The van der Waals surface area contributed by atoms with Gasteiger partial charge in [0.15, 0.2) is 5.65 Å². The quantitative estimate of drug-likeness (QED) is 0.184. The second-order valence-electron chi connectivity index (χ2n) is 10.2. The van der Waals surface area contributed by atoms with Gasteiger partial charge in [-0.25, -0.2) is 17.3 Å². The minimum atomic E-state index is -3.19. The van der Waals surface area contributed by atoms with E-state index in [4.69, 9.17) is 4.74 Å². The molecule has 5 aromatic rings. The van der Waals surface area contributed by atoms with Gasteiger partial charge < -0.3 is 20.7 Å². The normalized spacial score (nSPS) is 11.3. The van der Waals surface area contributed by atoms with Crippen molar-refractivity contribution >= 4 is 38.9 Å². The summed E-state index contributed by atoms with van der Waals surface area (Å²) in [6, 6.07) is 21.7. The lowest BCUT2D eigenvalue weighted by molar-refractivity contribution is 0.0945. The molecule has 0 spiro atoms. The van der Waals surface area contributed by atoms with Crippen LogP contribution in [0.3, 0.4) is 0 Å². The Kier molecular flexibility index (Phi) is 9.38. The highest BCUT2D eigenvalue weighted by Gasteiger charge is 2.14. The topological polar surface area (TPSA) is 144 Å². The van der Waals surface area contributed by atoms with Crippen LogP contribution >= 0.6 is 0 Å². The number of aromatic nitrogens is 3. The van der Waals surface area contributed by atoms with Crippen molar-refractivity contribution in [2.75, 3.05) is 30.5 Å². The summed E-state index contributed by atoms with van der Waals surface area (Å²) in [4.78, 5) is 29.6. The van der Waals surface area contributed by atoms with Gasteiger partial charge in [0.05, 0.1) is 18.0 Å². The van der Waals surface area contributed by atoms with Gasteiger partial charge in [-0.3, -0.25) is 9.59 Å². The summed E-state index contributed by atoms with van der Waals surface area (Å²) in [6.45, 7) is 2.47. The summed E-state index contributed by atoms with van der Waals surface area (Å²) >= 11 is 0. The molecule has 5 rings (SSSR count). The fraction of sp³-hybridized carbons (Fsp3) is 0.188. The number of rotatable bonds is 12. The van der Waals surface area contributed by atoms with Crippen molar-refractivity contribution in [1.82, 2.24) is 25.2 Å². The Morgan fingerprint density at radius 2 is 1.58 bits per heavy atom.